The summed E-state index contributed by atoms with van der Waals surface area (Å²) in [5.41, 5.74) is 0. The summed E-state index contributed by atoms with van der Waals surface area (Å²) in [7, 11) is -3.06. The topological polar surface area (TPSA) is 69.6 Å². The maximum Gasteiger partial charge on any atom is 0.225 e. The minimum Gasteiger partial charge on any atom is -0.338 e. The van der Waals surface area contributed by atoms with Crippen LogP contribution in [0.3, 0.4) is 0 Å². The van der Waals surface area contributed by atoms with E-state index in [1.165, 1.54) is 0 Å². The molecule has 0 N–H and O–H groups in total. The fourth-order valence-corrected chi connectivity index (χ4v) is 4.94. The Morgan fingerprint density at radius 3 is 2.25 bits per heavy atom. The molecule has 1 aromatic rings. The SMILES string of the molecule is O=S(=O)(CCCN1CCN(c2ncccn2)CC1)N1CCCCC1. The molecule has 0 amide bonds. The first kappa shape index (κ1) is 17.6. The minimum absolute atomic E-state index is 0.273. The number of rotatable bonds is 6. The summed E-state index contributed by atoms with van der Waals surface area (Å²) in [4.78, 5) is 13.1. The van der Waals surface area contributed by atoms with E-state index in [9.17, 15) is 8.42 Å². The molecule has 0 radical (unpaired) electrons. The normalized spacial score (nSPS) is 21.1. The molecule has 0 saturated carbocycles. The number of piperidine rings is 1. The molecule has 0 unspecified atom stereocenters. The fourth-order valence-electron chi connectivity index (χ4n) is 3.37. The van der Waals surface area contributed by atoms with Crippen molar-refractivity contribution in [1.29, 1.82) is 0 Å². The zero-order valence-corrected chi connectivity index (χ0v) is 15.0. The van der Waals surface area contributed by atoms with E-state index in [1.54, 1.807) is 16.7 Å². The summed E-state index contributed by atoms with van der Waals surface area (Å²) in [6.07, 6.45) is 7.40. The van der Waals surface area contributed by atoms with Crippen molar-refractivity contribution < 1.29 is 8.42 Å². The second kappa shape index (κ2) is 8.22. The first-order chi connectivity index (χ1) is 11.6. The molecule has 2 saturated heterocycles. The third-order valence-corrected chi connectivity index (χ3v) is 6.75. The van der Waals surface area contributed by atoms with Crippen molar-refractivity contribution in [2.45, 2.75) is 25.7 Å². The van der Waals surface area contributed by atoms with Crippen molar-refractivity contribution in [2.24, 2.45) is 0 Å². The lowest BCUT2D eigenvalue weighted by Gasteiger charge is -2.34. The summed E-state index contributed by atoms with van der Waals surface area (Å²) in [5.74, 6) is 1.06. The average molecular weight is 353 g/mol. The second-order valence-electron chi connectivity index (χ2n) is 6.51. The van der Waals surface area contributed by atoms with Crippen LogP contribution in [0.25, 0.3) is 0 Å². The van der Waals surface area contributed by atoms with Crippen LogP contribution < -0.4 is 4.90 Å². The molecular formula is C16H27N5O2S. The number of hydrogen-bond donors (Lipinski definition) is 0. The summed E-state index contributed by atoms with van der Waals surface area (Å²) < 4.78 is 26.4. The zero-order chi connectivity index (χ0) is 16.8. The predicted molar refractivity (Wildman–Crippen MR) is 94.5 cm³/mol. The van der Waals surface area contributed by atoms with Crippen LogP contribution in [0, 0.1) is 0 Å². The Morgan fingerprint density at radius 1 is 0.917 bits per heavy atom. The van der Waals surface area contributed by atoms with Gasteiger partial charge in [-0.3, -0.25) is 4.90 Å². The maximum absolute atomic E-state index is 12.3. The van der Waals surface area contributed by atoms with Crippen LogP contribution in [0.4, 0.5) is 5.95 Å². The van der Waals surface area contributed by atoms with Gasteiger partial charge in [-0.15, -0.1) is 0 Å². The highest BCUT2D eigenvalue weighted by Crippen LogP contribution is 2.15. The van der Waals surface area contributed by atoms with Gasteiger partial charge in [0.1, 0.15) is 0 Å². The van der Waals surface area contributed by atoms with E-state index in [0.717, 1.165) is 57.9 Å². The first-order valence-corrected chi connectivity index (χ1v) is 10.5. The van der Waals surface area contributed by atoms with Crippen LogP contribution in [-0.2, 0) is 10.0 Å². The molecule has 8 heteroatoms. The van der Waals surface area contributed by atoms with E-state index in [2.05, 4.69) is 19.8 Å². The number of hydrogen-bond acceptors (Lipinski definition) is 6. The molecule has 0 bridgehead atoms. The summed E-state index contributed by atoms with van der Waals surface area (Å²) in [6, 6.07) is 1.82. The van der Waals surface area contributed by atoms with Gasteiger partial charge in [-0.2, -0.15) is 0 Å². The number of aromatic nitrogens is 2. The highest BCUT2D eigenvalue weighted by molar-refractivity contribution is 7.89. The van der Waals surface area contributed by atoms with Gasteiger partial charge in [0.05, 0.1) is 5.75 Å². The summed E-state index contributed by atoms with van der Waals surface area (Å²) >= 11 is 0. The van der Waals surface area contributed by atoms with Crippen molar-refractivity contribution in [3.05, 3.63) is 18.5 Å². The molecule has 3 rings (SSSR count). The van der Waals surface area contributed by atoms with Gasteiger partial charge in [-0.1, -0.05) is 6.42 Å². The Morgan fingerprint density at radius 2 is 1.58 bits per heavy atom. The Balaban J connectivity index is 1.39. The van der Waals surface area contributed by atoms with Crippen molar-refractivity contribution in [3.63, 3.8) is 0 Å². The van der Waals surface area contributed by atoms with Gasteiger partial charge >= 0.3 is 0 Å². The number of nitrogens with zero attached hydrogens (tertiary/aromatic N) is 5. The Labute approximate surface area is 144 Å². The third-order valence-electron chi connectivity index (χ3n) is 4.79. The van der Waals surface area contributed by atoms with Crippen molar-refractivity contribution in [3.8, 4) is 0 Å². The Hall–Kier alpha value is -1.25. The van der Waals surface area contributed by atoms with Gasteiger partial charge in [0, 0.05) is 51.7 Å². The largest absolute Gasteiger partial charge is 0.338 e. The number of piperazine rings is 1. The molecule has 7 nitrogen and oxygen atoms in total. The van der Waals surface area contributed by atoms with E-state index >= 15 is 0 Å². The van der Waals surface area contributed by atoms with Gasteiger partial charge in [0.2, 0.25) is 16.0 Å². The molecule has 24 heavy (non-hydrogen) atoms. The highest BCUT2D eigenvalue weighted by Gasteiger charge is 2.24. The lowest BCUT2D eigenvalue weighted by molar-refractivity contribution is 0.256. The number of sulfonamides is 1. The van der Waals surface area contributed by atoms with Crippen LogP contribution in [0.5, 0.6) is 0 Å². The molecule has 134 valence electrons. The van der Waals surface area contributed by atoms with Gasteiger partial charge in [-0.05, 0) is 31.9 Å². The summed E-state index contributed by atoms with van der Waals surface area (Å²) in [5, 5.41) is 0. The van der Waals surface area contributed by atoms with E-state index < -0.39 is 10.0 Å². The van der Waals surface area contributed by atoms with Crippen LogP contribution in [0.1, 0.15) is 25.7 Å². The maximum atomic E-state index is 12.3. The van der Waals surface area contributed by atoms with Crippen molar-refractivity contribution in [2.75, 3.05) is 56.5 Å². The fraction of sp³-hybridized carbons (Fsp3) is 0.750. The van der Waals surface area contributed by atoms with E-state index in [4.69, 9.17) is 0 Å². The average Bonchev–Trinajstić information content (AvgIpc) is 2.64. The van der Waals surface area contributed by atoms with Crippen LogP contribution in [0.15, 0.2) is 18.5 Å². The summed E-state index contributed by atoms with van der Waals surface area (Å²) in [6.45, 7) is 5.91. The molecule has 0 spiro atoms. The van der Waals surface area contributed by atoms with Gasteiger partial charge in [0.15, 0.2) is 0 Å². The van der Waals surface area contributed by atoms with E-state index in [0.29, 0.717) is 19.5 Å². The molecule has 2 fully saturated rings. The van der Waals surface area contributed by atoms with Gasteiger partial charge in [-0.25, -0.2) is 22.7 Å². The van der Waals surface area contributed by atoms with E-state index in [-0.39, 0.29) is 5.75 Å². The minimum atomic E-state index is -3.06. The van der Waals surface area contributed by atoms with Crippen LogP contribution in [-0.4, -0.2) is 79.2 Å². The van der Waals surface area contributed by atoms with Crippen molar-refractivity contribution in [1.82, 2.24) is 19.2 Å². The molecule has 3 heterocycles. The molecule has 2 aliphatic heterocycles. The first-order valence-electron chi connectivity index (χ1n) is 8.87. The quantitative estimate of drug-likeness (QED) is 0.754. The van der Waals surface area contributed by atoms with Crippen LogP contribution >= 0.6 is 0 Å². The molecule has 1 aromatic heterocycles. The lowest BCUT2D eigenvalue weighted by Crippen LogP contribution is -2.47. The lowest BCUT2D eigenvalue weighted by atomic mass is 10.2. The zero-order valence-electron chi connectivity index (χ0n) is 14.2. The Bertz CT molecular complexity index is 596. The monoisotopic (exact) mass is 353 g/mol. The van der Waals surface area contributed by atoms with Gasteiger partial charge < -0.3 is 4.90 Å². The van der Waals surface area contributed by atoms with Crippen molar-refractivity contribution >= 4 is 16.0 Å². The standard InChI is InChI=1S/C16H27N5O2S/c22-24(23,21-9-2-1-3-10-21)15-5-8-19-11-13-20(14-12-19)16-17-6-4-7-18-16/h4,6-7H,1-3,5,8-15H2. The molecule has 0 atom stereocenters. The molecule has 0 aliphatic carbocycles. The smallest absolute Gasteiger partial charge is 0.225 e. The van der Waals surface area contributed by atoms with Gasteiger partial charge in [0.25, 0.3) is 0 Å². The third kappa shape index (κ3) is 4.64. The number of anilines is 1. The second-order valence-corrected chi connectivity index (χ2v) is 8.60. The van der Waals surface area contributed by atoms with E-state index in [1.807, 2.05) is 6.07 Å². The van der Waals surface area contributed by atoms with Crippen LogP contribution in [0.2, 0.25) is 0 Å². The Kier molecular flexibility index (Phi) is 6.02. The molecule has 0 aromatic carbocycles. The molecular weight excluding hydrogens is 326 g/mol. The predicted octanol–water partition coefficient (Wildman–Crippen LogP) is 0.804. The highest BCUT2D eigenvalue weighted by atomic mass is 32.2. The molecule has 2 aliphatic rings.